The van der Waals surface area contributed by atoms with E-state index in [1.54, 1.807) is 48.5 Å². The number of aromatic hydroxyl groups is 2. The summed E-state index contributed by atoms with van der Waals surface area (Å²) in [6, 6.07) is 11.8. The molecule has 24 heavy (non-hydrogen) atoms. The van der Waals surface area contributed by atoms with Crippen LogP contribution in [0.4, 0.5) is 0 Å². The SMILES string of the molecule is O=C1N[C@H](Cc2ccc(O)cc2)C(=O)N[C@H]1Cc1ccc(O)cc1. The molecule has 1 aliphatic heterocycles. The summed E-state index contributed by atoms with van der Waals surface area (Å²) in [6.45, 7) is 0. The van der Waals surface area contributed by atoms with Crippen LogP contribution in [0.3, 0.4) is 0 Å². The molecule has 0 aliphatic carbocycles. The fourth-order valence-corrected chi connectivity index (χ4v) is 2.70. The number of rotatable bonds is 4. The lowest BCUT2D eigenvalue weighted by Gasteiger charge is -2.29. The van der Waals surface area contributed by atoms with Gasteiger partial charge in [-0.15, -0.1) is 0 Å². The van der Waals surface area contributed by atoms with Crippen molar-refractivity contribution in [3.8, 4) is 11.5 Å². The number of carbonyl (C=O) groups is 2. The van der Waals surface area contributed by atoms with Crippen LogP contribution in [0.1, 0.15) is 11.1 Å². The molecular formula is C18H18N2O4. The summed E-state index contributed by atoms with van der Waals surface area (Å²) in [5, 5.41) is 24.1. The number of phenolic OH excluding ortho intramolecular Hbond substituents is 2. The molecular weight excluding hydrogens is 308 g/mol. The maximum Gasteiger partial charge on any atom is 0.243 e. The molecule has 6 heteroatoms. The molecule has 0 unspecified atom stereocenters. The fraction of sp³-hybridized carbons (Fsp3) is 0.222. The Morgan fingerprint density at radius 3 is 1.33 bits per heavy atom. The summed E-state index contributed by atoms with van der Waals surface area (Å²) in [4.78, 5) is 24.5. The first-order chi connectivity index (χ1) is 11.5. The van der Waals surface area contributed by atoms with Crippen LogP contribution in [0.2, 0.25) is 0 Å². The molecule has 1 heterocycles. The first kappa shape index (κ1) is 15.9. The smallest absolute Gasteiger partial charge is 0.243 e. The third-order valence-corrected chi connectivity index (χ3v) is 4.02. The first-order valence-electron chi connectivity index (χ1n) is 7.68. The van der Waals surface area contributed by atoms with E-state index < -0.39 is 12.1 Å². The summed E-state index contributed by atoms with van der Waals surface area (Å²) in [5.74, 6) is -0.146. The minimum atomic E-state index is -0.627. The second-order valence-corrected chi connectivity index (χ2v) is 5.86. The molecule has 0 aromatic heterocycles. The number of hydrogen-bond acceptors (Lipinski definition) is 4. The van der Waals surface area contributed by atoms with E-state index in [-0.39, 0.29) is 23.3 Å². The Labute approximate surface area is 139 Å². The average Bonchev–Trinajstić information content (AvgIpc) is 2.56. The van der Waals surface area contributed by atoms with E-state index in [4.69, 9.17) is 0 Å². The summed E-state index contributed by atoms with van der Waals surface area (Å²) in [5.41, 5.74) is 1.70. The number of benzene rings is 2. The molecule has 0 bridgehead atoms. The molecule has 6 nitrogen and oxygen atoms in total. The van der Waals surface area contributed by atoms with Crippen molar-refractivity contribution in [3.05, 3.63) is 59.7 Å². The molecule has 2 atom stereocenters. The van der Waals surface area contributed by atoms with Gasteiger partial charge < -0.3 is 20.8 Å². The lowest BCUT2D eigenvalue weighted by atomic mass is 9.98. The van der Waals surface area contributed by atoms with Gasteiger partial charge in [-0.25, -0.2) is 0 Å². The number of hydrogen-bond donors (Lipinski definition) is 4. The van der Waals surface area contributed by atoms with Crippen LogP contribution in [-0.2, 0) is 22.4 Å². The Balaban J connectivity index is 1.63. The van der Waals surface area contributed by atoms with Gasteiger partial charge in [-0.3, -0.25) is 9.59 Å². The van der Waals surface area contributed by atoms with E-state index in [9.17, 15) is 19.8 Å². The zero-order chi connectivity index (χ0) is 17.1. The molecule has 2 aromatic rings. The van der Waals surface area contributed by atoms with Crippen molar-refractivity contribution >= 4 is 11.8 Å². The quantitative estimate of drug-likeness (QED) is 0.670. The van der Waals surface area contributed by atoms with Crippen molar-refractivity contribution in [1.82, 2.24) is 10.6 Å². The van der Waals surface area contributed by atoms with Gasteiger partial charge in [-0.2, -0.15) is 0 Å². The van der Waals surface area contributed by atoms with Gasteiger partial charge >= 0.3 is 0 Å². The second-order valence-electron chi connectivity index (χ2n) is 5.86. The van der Waals surface area contributed by atoms with Crippen molar-refractivity contribution in [2.75, 3.05) is 0 Å². The highest BCUT2D eigenvalue weighted by molar-refractivity contribution is 5.97. The number of carbonyl (C=O) groups excluding carboxylic acids is 2. The van der Waals surface area contributed by atoms with Crippen molar-refractivity contribution in [3.63, 3.8) is 0 Å². The maximum atomic E-state index is 12.3. The van der Waals surface area contributed by atoms with Crippen molar-refractivity contribution in [2.45, 2.75) is 24.9 Å². The Bertz CT molecular complexity index is 675. The average molecular weight is 326 g/mol. The van der Waals surface area contributed by atoms with Crippen LogP contribution in [0.25, 0.3) is 0 Å². The number of amides is 2. The lowest BCUT2D eigenvalue weighted by molar-refractivity contribution is -0.136. The van der Waals surface area contributed by atoms with E-state index in [1.165, 1.54) is 0 Å². The molecule has 0 spiro atoms. The molecule has 0 saturated carbocycles. The van der Waals surface area contributed by atoms with Gasteiger partial charge in [0.05, 0.1) is 0 Å². The largest absolute Gasteiger partial charge is 0.508 e. The summed E-state index contributed by atoms with van der Waals surface area (Å²) in [7, 11) is 0. The van der Waals surface area contributed by atoms with Gasteiger partial charge in [-0.05, 0) is 35.4 Å². The normalized spacial score (nSPS) is 20.3. The number of nitrogens with one attached hydrogen (secondary N) is 2. The molecule has 1 saturated heterocycles. The van der Waals surface area contributed by atoms with Crippen LogP contribution in [-0.4, -0.2) is 34.1 Å². The van der Waals surface area contributed by atoms with Crippen molar-refractivity contribution in [2.24, 2.45) is 0 Å². The monoisotopic (exact) mass is 326 g/mol. The maximum absolute atomic E-state index is 12.3. The topological polar surface area (TPSA) is 98.7 Å². The van der Waals surface area contributed by atoms with Crippen LogP contribution < -0.4 is 10.6 Å². The molecule has 2 amide bonds. The zero-order valence-corrected chi connectivity index (χ0v) is 12.9. The predicted octanol–water partition coefficient (Wildman–Crippen LogP) is 0.866. The molecule has 1 fully saturated rings. The Morgan fingerprint density at radius 2 is 1.00 bits per heavy atom. The molecule has 3 rings (SSSR count). The Kier molecular flexibility index (Phi) is 4.37. The van der Waals surface area contributed by atoms with Crippen molar-refractivity contribution < 1.29 is 19.8 Å². The second kappa shape index (κ2) is 6.62. The van der Waals surface area contributed by atoms with Crippen LogP contribution in [0, 0.1) is 0 Å². The third-order valence-electron chi connectivity index (χ3n) is 4.02. The molecule has 124 valence electrons. The highest BCUT2D eigenvalue weighted by atomic mass is 16.3. The van der Waals surface area contributed by atoms with E-state index in [2.05, 4.69) is 10.6 Å². The fourth-order valence-electron chi connectivity index (χ4n) is 2.70. The van der Waals surface area contributed by atoms with E-state index in [0.717, 1.165) is 11.1 Å². The molecule has 1 aliphatic rings. The predicted molar refractivity (Wildman–Crippen MR) is 87.5 cm³/mol. The highest BCUT2D eigenvalue weighted by Gasteiger charge is 2.33. The van der Waals surface area contributed by atoms with E-state index >= 15 is 0 Å². The van der Waals surface area contributed by atoms with Crippen molar-refractivity contribution in [1.29, 1.82) is 0 Å². The third kappa shape index (κ3) is 3.65. The number of phenols is 2. The molecule has 2 aromatic carbocycles. The van der Waals surface area contributed by atoms with Gasteiger partial charge in [0, 0.05) is 12.8 Å². The minimum absolute atomic E-state index is 0.157. The summed E-state index contributed by atoms with van der Waals surface area (Å²) in [6.07, 6.45) is 0.730. The van der Waals surface area contributed by atoms with Gasteiger partial charge in [0.15, 0.2) is 0 Å². The van der Waals surface area contributed by atoms with E-state index in [1.807, 2.05) is 0 Å². The standard InChI is InChI=1S/C18H18N2O4/c21-13-5-1-11(2-6-13)9-15-17(23)20-16(18(24)19-15)10-12-3-7-14(22)8-4-12/h1-8,15-16,21-22H,9-10H2,(H,19,24)(H,20,23)/t15-,16+. The van der Waals surface area contributed by atoms with Gasteiger partial charge in [0.1, 0.15) is 23.6 Å². The van der Waals surface area contributed by atoms with Crippen LogP contribution in [0.5, 0.6) is 11.5 Å². The van der Waals surface area contributed by atoms with Gasteiger partial charge in [0.2, 0.25) is 11.8 Å². The molecule has 4 N–H and O–H groups in total. The zero-order valence-electron chi connectivity index (χ0n) is 12.9. The van der Waals surface area contributed by atoms with Gasteiger partial charge in [0.25, 0.3) is 0 Å². The first-order valence-corrected chi connectivity index (χ1v) is 7.68. The van der Waals surface area contributed by atoms with Crippen LogP contribution in [0.15, 0.2) is 48.5 Å². The van der Waals surface area contributed by atoms with Crippen LogP contribution >= 0.6 is 0 Å². The summed E-state index contributed by atoms with van der Waals surface area (Å²) >= 11 is 0. The highest BCUT2D eigenvalue weighted by Crippen LogP contribution is 2.15. The van der Waals surface area contributed by atoms with E-state index in [0.29, 0.717) is 12.8 Å². The van der Waals surface area contributed by atoms with Gasteiger partial charge in [-0.1, -0.05) is 24.3 Å². The lowest BCUT2D eigenvalue weighted by Crippen LogP contribution is -2.62. The molecule has 0 radical (unpaired) electrons. The minimum Gasteiger partial charge on any atom is -0.508 e. The number of piperazine rings is 1. The summed E-state index contributed by atoms with van der Waals surface area (Å²) < 4.78 is 0. The Morgan fingerprint density at radius 1 is 0.667 bits per heavy atom. The Hall–Kier alpha value is -3.02.